The number of methoxy groups -OCH3 is 1. The number of carbonyl (C=O) groups excluding carboxylic acids is 2. The van der Waals surface area contributed by atoms with E-state index in [-0.39, 0.29) is 116 Å². The van der Waals surface area contributed by atoms with Crippen LogP contribution in [0.3, 0.4) is 0 Å². The quantitative estimate of drug-likeness (QED) is 0.0687. The van der Waals surface area contributed by atoms with Crippen molar-refractivity contribution in [2.75, 3.05) is 34.1 Å². The Kier molecular flexibility index (Phi) is 50.1. The molecule has 2 unspecified atom stereocenters. The summed E-state index contributed by atoms with van der Waals surface area (Å²) in [6.45, 7) is 30.1. The summed E-state index contributed by atoms with van der Waals surface area (Å²) in [5, 5.41) is 11.8. The van der Waals surface area contributed by atoms with Gasteiger partial charge in [0, 0.05) is 285 Å². The first-order valence-electron chi connectivity index (χ1n) is 34.4. The summed E-state index contributed by atoms with van der Waals surface area (Å²) in [5.41, 5.74) is 1.06. The number of hydrogen-bond acceptors (Lipinski definition) is 12. The summed E-state index contributed by atoms with van der Waals surface area (Å²) in [6.07, 6.45) is 11.1. The van der Waals surface area contributed by atoms with Crippen LogP contribution in [-0.2, 0) is 291 Å². The Balaban J connectivity index is 0.000000338. The number of ether oxygens (including phenoxy) is 6. The van der Waals surface area contributed by atoms with Crippen molar-refractivity contribution in [2.45, 2.75) is 237 Å². The first-order chi connectivity index (χ1) is 49.2. The third-order valence-electron chi connectivity index (χ3n) is 23.7. The van der Waals surface area contributed by atoms with E-state index in [9.17, 15) is 14.7 Å². The fourth-order valence-electron chi connectivity index (χ4n) is 18.0. The molecule has 6 aliphatic carbocycles. The van der Waals surface area contributed by atoms with Crippen molar-refractivity contribution >= 4 is 255 Å². The maximum atomic E-state index is 14.1. The number of benzene rings is 2. The summed E-state index contributed by atoms with van der Waals surface area (Å²) in [7, 11) is 41.7. The Morgan fingerprint density at radius 1 is 0.490 bits per heavy atom. The fraction of sp³-hybridized carbons (Fsp3) is 0.791. The van der Waals surface area contributed by atoms with Gasteiger partial charge in [-0.3, -0.25) is 9.59 Å². The zero-order chi connectivity index (χ0) is 74.1. The highest BCUT2D eigenvalue weighted by Crippen LogP contribution is 2.70. The molecule has 4 bridgehead atoms. The second-order valence-electron chi connectivity index (χ2n) is 27.7. The van der Waals surface area contributed by atoms with Crippen LogP contribution in [0.15, 0.2) is 60.7 Å². The van der Waals surface area contributed by atoms with Gasteiger partial charge in [0.25, 0.3) is 0 Å². The number of aliphatic hydroxyl groups excluding tert-OH is 1. The monoisotopic (exact) mass is 1940 g/mol. The van der Waals surface area contributed by atoms with Crippen LogP contribution in [0.4, 0.5) is 0 Å². The van der Waals surface area contributed by atoms with Crippen LogP contribution in [0.5, 0.6) is 0 Å². The van der Waals surface area contributed by atoms with E-state index in [1.165, 1.54) is 17.8 Å². The second-order valence-corrected chi connectivity index (χ2v) is 75.0. The zero-order valence-electron chi connectivity index (χ0n) is 60.3. The molecule has 0 aromatic heterocycles. The lowest BCUT2D eigenvalue weighted by molar-refractivity contribution is -0.248. The zero-order valence-corrected chi connectivity index (χ0v) is 82.6. The summed E-state index contributed by atoms with van der Waals surface area (Å²) in [6, 6.07) is 23.8. The lowest BCUT2D eigenvalue weighted by Gasteiger charge is -2.63. The predicted octanol–water partition coefficient (Wildman–Crippen LogP) is 15.8. The van der Waals surface area contributed by atoms with Crippen LogP contribution in [-0.4, -0.2) is 83.5 Å². The van der Waals surface area contributed by atoms with E-state index in [2.05, 4.69) is 107 Å². The largest absolute Gasteiger partial charge is 0.417 e. The van der Waals surface area contributed by atoms with Crippen molar-refractivity contribution in [3.8, 4) is 0 Å². The average molecular weight is 1940 g/mol. The molecule has 6 fully saturated rings. The molecule has 8 rings (SSSR count). The standard InChI is InChI=1S/C36H60O6Si.C29H44O4.2CH4.S26/c1-9-34(6)22-31(40-25-38-8)35(7)29(24-42-43(10-2,11-3)12-4)18-20-36(21-19-30(37)32(35)36)27(5)33(34)41-26-39-23-28-16-14-13-15-17-28;1-6-22-13-15-29-16-14-23(30)25(29)28(22,5)24(31)17-27(4,7-2)26(20(29)3)33-19-32-18-21-11-9-8-10-12-21;;;1-3-5-7-9-11-13-15-17-19-21-23-25-26-24-22-20-18-16-14-12-10-8-6-4-2/h13-17,27,29,31-33H,9-12,18-26H2,1-8H3;8-12,20,22,24-26,31H,6-7,13-19H2,1-5H3;2*1H4;/t27-,29-,31+,32?,33-,34+,35-,36-;20-,22+,24+,25?,26-,27+,28-,29-;;;/m00.../s1. The summed E-state index contributed by atoms with van der Waals surface area (Å²) < 4.78 is 44.6. The first-order valence-corrected chi connectivity index (χ1v) is 70.3. The van der Waals surface area contributed by atoms with Gasteiger partial charge in [0.2, 0.25) is 0 Å². The Hall–Kier alpha value is 3.40. The fourth-order valence-corrected chi connectivity index (χ4v) is 81.1. The molecule has 0 aliphatic heterocycles. The Labute approximate surface area is 704 Å². The molecular weight excluding hydrogens is 1830 g/mol. The van der Waals surface area contributed by atoms with Crippen LogP contribution >= 0.6 is 0 Å². The molecule has 0 radical (unpaired) electrons. The van der Waals surface area contributed by atoms with Gasteiger partial charge >= 0.3 is 0 Å². The van der Waals surface area contributed by atoms with E-state index in [0.717, 1.165) is 100 Å². The van der Waals surface area contributed by atoms with E-state index < -0.39 is 14.4 Å². The highest BCUT2D eigenvalue weighted by molar-refractivity contribution is 8.79. The maximum Gasteiger partial charge on any atom is 0.191 e. The molecule has 6 saturated carbocycles. The first kappa shape index (κ1) is 99.8. The van der Waals surface area contributed by atoms with Crippen LogP contribution in [0, 0.1) is 68.0 Å². The number of rotatable bonds is 22. The van der Waals surface area contributed by atoms with Gasteiger partial charge < -0.3 is 38.0 Å². The molecule has 6 aliphatic rings. The Morgan fingerprint density at radius 2 is 0.856 bits per heavy atom. The molecule has 0 amide bonds. The Morgan fingerprint density at radius 3 is 1.21 bits per heavy atom. The predicted molar refractivity (Wildman–Crippen MR) is 509 cm³/mol. The maximum absolute atomic E-state index is 14.1. The molecule has 1 N–H and O–H groups in total. The molecule has 0 saturated heterocycles. The number of carbonyl (C=O) groups is 2. The molecule has 104 heavy (non-hydrogen) atoms. The van der Waals surface area contributed by atoms with E-state index in [0.29, 0.717) is 50.0 Å². The van der Waals surface area contributed by atoms with Gasteiger partial charge in [-0.05, 0) is 139 Å². The van der Waals surface area contributed by atoms with Gasteiger partial charge in [-0.2, -0.15) is 0 Å². The van der Waals surface area contributed by atoms with E-state index in [1.54, 1.807) is 131 Å². The van der Waals surface area contributed by atoms with Crippen molar-refractivity contribution in [2.24, 2.45) is 68.0 Å². The van der Waals surface area contributed by atoms with Gasteiger partial charge in [-0.1, -0.05) is 165 Å². The molecule has 600 valence electrons. The summed E-state index contributed by atoms with van der Waals surface area (Å²) >= 11 is 9.55. The smallest absolute Gasteiger partial charge is 0.191 e. The third kappa shape index (κ3) is 27.2. The molecule has 0 heterocycles. The van der Waals surface area contributed by atoms with Crippen LogP contribution in [0.25, 0.3) is 0 Å². The molecule has 10 nitrogen and oxygen atoms in total. The van der Waals surface area contributed by atoms with E-state index in [1.807, 2.05) is 107 Å². The Bertz CT molecular complexity index is 4130. The molecular formula is C67H112O10S26Si. The third-order valence-corrected chi connectivity index (χ3v) is 79.5. The normalized spacial score (nSPS) is 30.6. The number of ketones is 2. The molecule has 2 aromatic rings. The average Bonchev–Trinajstić information content (AvgIpc) is 1.41. The van der Waals surface area contributed by atoms with Crippen molar-refractivity contribution in [1.29, 1.82) is 0 Å². The van der Waals surface area contributed by atoms with Crippen LogP contribution in [0.2, 0.25) is 18.1 Å². The second kappa shape index (κ2) is 52.3. The van der Waals surface area contributed by atoms with Crippen molar-refractivity contribution in [1.82, 2.24) is 0 Å². The number of hydrogen-bond donors (Lipinski definition) is 1. The molecule has 2 aromatic carbocycles. The van der Waals surface area contributed by atoms with Gasteiger partial charge in [-0.25, -0.2) is 0 Å². The highest BCUT2D eigenvalue weighted by Gasteiger charge is 2.70. The van der Waals surface area contributed by atoms with Gasteiger partial charge in [0.15, 0.2) is 8.32 Å². The minimum absolute atomic E-state index is 0. The van der Waals surface area contributed by atoms with Crippen LogP contribution in [0.1, 0.15) is 193 Å². The van der Waals surface area contributed by atoms with Gasteiger partial charge in [-0.15, -0.1) is 0 Å². The summed E-state index contributed by atoms with van der Waals surface area (Å²) in [4.78, 5) is 27.6. The number of Topliss-reactive ketones (excluding diaryl/α,β-unsaturated/α-hetero) is 2. The molecule has 37 heteroatoms. The highest BCUT2D eigenvalue weighted by atomic mass is 33.5. The van der Waals surface area contributed by atoms with Crippen LogP contribution < -0.4 is 0 Å². The van der Waals surface area contributed by atoms with Crippen molar-refractivity contribution < 1.29 is 47.5 Å². The minimum atomic E-state index is -1.79. The van der Waals surface area contributed by atoms with Gasteiger partial charge in [0.05, 0.1) is 37.6 Å². The lowest BCUT2D eigenvalue weighted by Crippen LogP contribution is -2.64. The lowest BCUT2D eigenvalue weighted by atomic mass is 9.43. The van der Waals surface area contributed by atoms with E-state index >= 15 is 0 Å². The SMILES string of the molecule is C.C.CC[C@@H]1CC[C@@]23CCC(=O)C2[C@]1(C)[C@H](O)C[C@@](C)(CC)[C@@H](OCOCc1ccccc1)[C@@H]3C.CC[C@]1(C)C[C@@H](OCOC)[C@@]2(C)C3C(=O)CC[C@@]3(CC[C@H]2CO[Si](CC)(CC)CC)[C@@H](C)[C@@H]1OCOCc1ccccc1.S=S=S=S=S=S=S=S=S=S=S=S=S=S=S=S=S=S=S=S=S=S=S=S=S=S. The van der Waals surface area contributed by atoms with Crippen molar-refractivity contribution in [3.05, 3.63) is 71.8 Å². The topological polar surface area (TPSA) is 119 Å². The van der Waals surface area contributed by atoms with Crippen molar-refractivity contribution in [3.63, 3.8) is 0 Å². The minimum Gasteiger partial charge on any atom is -0.417 e. The number of aliphatic hydroxyl groups is 1. The van der Waals surface area contributed by atoms with E-state index in [4.69, 9.17) is 55.2 Å². The van der Waals surface area contributed by atoms with Gasteiger partial charge in [0.1, 0.15) is 31.9 Å². The molecule has 0 spiro atoms. The molecule has 16 atom stereocenters. The summed E-state index contributed by atoms with van der Waals surface area (Å²) in [5.74, 6) is 1.77.